The number of benzene rings is 2. The molecule has 0 saturated carbocycles. The van der Waals surface area contributed by atoms with Crippen LogP contribution in [0.4, 0.5) is 0 Å². The van der Waals surface area contributed by atoms with Gasteiger partial charge in [0.05, 0.1) is 0 Å². The molecule has 1 aromatic heterocycles. The zero-order chi connectivity index (χ0) is 18.9. The molecule has 0 amide bonds. The monoisotopic (exact) mass is 370 g/mol. The minimum atomic E-state index is -0.759. The highest BCUT2D eigenvalue weighted by atomic mass is 35.5. The van der Waals surface area contributed by atoms with Crippen molar-refractivity contribution in [3.63, 3.8) is 0 Å². The topological polar surface area (TPSA) is 48.2 Å². The summed E-state index contributed by atoms with van der Waals surface area (Å²) in [4.78, 5) is 0. The second-order valence-corrected chi connectivity index (χ2v) is 8.24. The maximum absolute atomic E-state index is 6.00. The molecule has 5 heteroatoms. The van der Waals surface area contributed by atoms with E-state index in [1.54, 1.807) is 12.1 Å². The molecule has 0 fully saturated rings. The Morgan fingerprint density at radius 3 is 2.04 bits per heavy atom. The van der Waals surface area contributed by atoms with Crippen molar-refractivity contribution >= 4 is 11.6 Å². The summed E-state index contributed by atoms with van der Waals surface area (Å²) in [6.07, 6.45) is 0. The second kappa shape index (κ2) is 6.76. The van der Waals surface area contributed by atoms with E-state index < -0.39 is 5.60 Å². The van der Waals surface area contributed by atoms with Crippen LogP contribution in [0, 0.1) is 0 Å². The quantitative estimate of drug-likeness (QED) is 0.565. The van der Waals surface area contributed by atoms with Crippen molar-refractivity contribution in [3.8, 4) is 17.2 Å². The molecule has 0 atom stereocenters. The lowest BCUT2D eigenvalue weighted by Crippen LogP contribution is -2.25. The van der Waals surface area contributed by atoms with Crippen LogP contribution in [0.1, 0.15) is 46.1 Å². The summed E-state index contributed by atoms with van der Waals surface area (Å²) in [7, 11) is 0. The summed E-state index contributed by atoms with van der Waals surface area (Å²) in [5.74, 6) is 1.59. The minimum absolute atomic E-state index is 0.104. The average molecular weight is 371 g/mol. The normalized spacial score (nSPS) is 12.2. The van der Waals surface area contributed by atoms with Gasteiger partial charge in [0.25, 0.3) is 5.89 Å². The molecule has 0 saturated heterocycles. The highest BCUT2D eigenvalue weighted by Crippen LogP contribution is 2.30. The van der Waals surface area contributed by atoms with Gasteiger partial charge in [-0.15, -0.1) is 10.2 Å². The van der Waals surface area contributed by atoms with Gasteiger partial charge in [-0.1, -0.05) is 44.5 Å². The standard InChI is InChI=1S/C21H23ClN2O2/c1-20(2,3)15-8-6-14(7-9-15)18-23-24-19(25-18)21(4,5)26-17-12-10-16(22)11-13-17/h6-13H,1-5H3. The summed E-state index contributed by atoms with van der Waals surface area (Å²) in [5, 5.41) is 9.03. The lowest BCUT2D eigenvalue weighted by molar-refractivity contribution is 0.0770. The Kier molecular flexibility index (Phi) is 4.80. The third kappa shape index (κ3) is 4.07. The predicted octanol–water partition coefficient (Wildman–Crippen LogP) is 6.00. The summed E-state index contributed by atoms with van der Waals surface area (Å²) in [6, 6.07) is 15.4. The van der Waals surface area contributed by atoms with Crippen molar-refractivity contribution < 1.29 is 9.15 Å². The van der Waals surface area contributed by atoms with Gasteiger partial charge in [-0.05, 0) is 61.2 Å². The van der Waals surface area contributed by atoms with E-state index in [4.69, 9.17) is 20.8 Å². The maximum atomic E-state index is 6.00. The van der Waals surface area contributed by atoms with Crippen molar-refractivity contribution in [2.45, 2.75) is 45.6 Å². The molecule has 0 N–H and O–H groups in total. The third-order valence-corrected chi connectivity index (χ3v) is 4.38. The Morgan fingerprint density at radius 1 is 0.846 bits per heavy atom. The van der Waals surface area contributed by atoms with E-state index in [0.717, 1.165) is 5.56 Å². The summed E-state index contributed by atoms with van der Waals surface area (Å²) in [5.41, 5.74) is 1.49. The largest absolute Gasteiger partial charge is 0.478 e. The number of aromatic nitrogens is 2. The molecule has 4 nitrogen and oxygen atoms in total. The van der Waals surface area contributed by atoms with E-state index in [1.807, 2.05) is 38.1 Å². The van der Waals surface area contributed by atoms with E-state index in [2.05, 4.69) is 43.1 Å². The zero-order valence-electron chi connectivity index (χ0n) is 15.7. The molecule has 3 rings (SSSR count). The maximum Gasteiger partial charge on any atom is 0.259 e. The minimum Gasteiger partial charge on any atom is -0.478 e. The van der Waals surface area contributed by atoms with Gasteiger partial charge in [-0.2, -0.15) is 0 Å². The van der Waals surface area contributed by atoms with Crippen LogP contribution in [0.5, 0.6) is 5.75 Å². The summed E-state index contributed by atoms with van der Waals surface area (Å²) >= 11 is 5.91. The van der Waals surface area contributed by atoms with Crippen LogP contribution in [0.3, 0.4) is 0 Å². The SMILES string of the molecule is CC(C)(C)c1ccc(-c2nnc(C(C)(C)Oc3ccc(Cl)cc3)o2)cc1. The fourth-order valence-corrected chi connectivity index (χ4v) is 2.66. The van der Waals surface area contributed by atoms with Crippen LogP contribution in [-0.2, 0) is 11.0 Å². The predicted molar refractivity (Wildman–Crippen MR) is 104 cm³/mol. The van der Waals surface area contributed by atoms with Gasteiger partial charge in [0.15, 0.2) is 5.60 Å². The molecule has 2 aromatic carbocycles. The van der Waals surface area contributed by atoms with Gasteiger partial charge < -0.3 is 9.15 Å². The highest BCUT2D eigenvalue weighted by molar-refractivity contribution is 6.30. The van der Waals surface area contributed by atoms with Gasteiger partial charge in [0, 0.05) is 10.6 Å². The van der Waals surface area contributed by atoms with Crippen molar-refractivity contribution in [2.75, 3.05) is 0 Å². The van der Waals surface area contributed by atoms with Crippen molar-refractivity contribution in [3.05, 3.63) is 65.0 Å². The molecule has 26 heavy (non-hydrogen) atoms. The number of ether oxygens (including phenoxy) is 1. The van der Waals surface area contributed by atoms with Crippen LogP contribution >= 0.6 is 11.6 Å². The fourth-order valence-electron chi connectivity index (χ4n) is 2.54. The molecule has 0 radical (unpaired) electrons. The van der Waals surface area contributed by atoms with Gasteiger partial charge in [-0.3, -0.25) is 0 Å². The lowest BCUT2D eigenvalue weighted by atomic mass is 9.87. The molecular weight excluding hydrogens is 348 g/mol. The molecule has 3 aromatic rings. The van der Waals surface area contributed by atoms with Gasteiger partial charge >= 0.3 is 0 Å². The van der Waals surface area contributed by atoms with Crippen LogP contribution in [0.2, 0.25) is 5.02 Å². The number of nitrogens with zero attached hydrogens (tertiary/aromatic N) is 2. The number of rotatable bonds is 4. The average Bonchev–Trinajstić information content (AvgIpc) is 3.07. The van der Waals surface area contributed by atoms with Crippen LogP contribution in [0.25, 0.3) is 11.5 Å². The number of hydrogen-bond donors (Lipinski definition) is 0. The first kappa shape index (κ1) is 18.5. The van der Waals surface area contributed by atoms with Crippen molar-refractivity contribution in [1.29, 1.82) is 0 Å². The Balaban J connectivity index is 1.81. The van der Waals surface area contributed by atoms with Crippen LogP contribution < -0.4 is 4.74 Å². The van der Waals surface area contributed by atoms with Crippen molar-refractivity contribution in [1.82, 2.24) is 10.2 Å². The van der Waals surface area contributed by atoms with E-state index in [-0.39, 0.29) is 5.41 Å². The third-order valence-electron chi connectivity index (χ3n) is 4.12. The molecule has 0 aliphatic heterocycles. The molecule has 0 spiro atoms. The zero-order valence-corrected chi connectivity index (χ0v) is 16.5. The Labute approximate surface area is 159 Å². The molecule has 0 aliphatic carbocycles. The first-order chi connectivity index (χ1) is 12.1. The summed E-state index contributed by atoms with van der Waals surface area (Å²) in [6.45, 7) is 10.3. The fraction of sp³-hybridized carbons (Fsp3) is 0.333. The van der Waals surface area contributed by atoms with Crippen molar-refractivity contribution in [2.24, 2.45) is 0 Å². The Bertz CT molecular complexity index is 876. The van der Waals surface area contributed by atoms with Crippen LogP contribution in [0.15, 0.2) is 52.9 Å². The van der Waals surface area contributed by atoms with Gasteiger partial charge in [0.2, 0.25) is 5.89 Å². The molecule has 0 aliphatic rings. The van der Waals surface area contributed by atoms with Crippen LogP contribution in [-0.4, -0.2) is 10.2 Å². The van der Waals surface area contributed by atoms with Gasteiger partial charge in [-0.25, -0.2) is 0 Å². The first-order valence-electron chi connectivity index (χ1n) is 8.55. The van der Waals surface area contributed by atoms with E-state index in [0.29, 0.717) is 22.6 Å². The lowest BCUT2D eigenvalue weighted by Gasteiger charge is -2.22. The smallest absolute Gasteiger partial charge is 0.259 e. The molecule has 0 unspecified atom stereocenters. The van der Waals surface area contributed by atoms with E-state index >= 15 is 0 Å². The molecule has 1 heterocycles. The highest BCUT2D eigenvalue weighted by Gasteiger charge is 2.30. The molecular formula is C21H23ClN2O2. The molecule has 136 valence electrons. The van der Waals surface area contributed by atoms with E-state index in [1.165, 1.54) is 5.56 Å². The Morgan fingerprint density at radius 2 is 1.46 bits per heavy atom. The number of halogens is 1. The number of hydrogen-bond acceptors (Lipinski definition) is 4. The second-order valence-electron chi connectivity index (χ2n) is 7.81. The Hall–Kier alpha value is -2.33. The summed E-state index contributed by atoms with van der Waals surface area (Å²) < 4.78 is 11.9. The molecule has 0 bridgehead atoms. The van der Waals surface area contributed by atoms with E-state index in [9.17, 15) is 0 Å². The van der Waals surface area contributed by atoms with Gasteiger partial charge in [0.1, 0.15) is 5.75 Å². The first-order valence-corrected chi connectivity index (χ1v) is 8.92.